The quantitative estimate of drug-likeness (QED) is 0.166. The highest BCUT2D eigenvalue weighted by Crippen LogP contribution is 2.26. The zero-order valence-electron chi connectivity index (χ0n) is 25.5. The summed E-state index contributed by atoms with van der Waals surface area (Å²) in [5, 5.41) is 3.90. The third-order valence-electron chi connectivity index (χ3n) is 7.52. The van der Waals surface area contributed by atoms with Crippen molar-refractivity contribution in [3.63, 3.8) is 0 Å². The molecule has 2 atom stereocenters. The SMILES string of the molecule is CC[C@H](C)NC(=O)[C@H](Cc1ccccc1)N(Cc1cccc(Cl)c1)C(=O)CN(c1ccc(C)cc1)S(=O)(=O)c1ccc(Cl)cc1. The molecular weight excluding hydrogens is 629 g/mol. The number of amides is 2. The van der Waals surface area contributed by atoms with E-state index in [1.54, 1.807) is 42.5 Å². The standard InChI is InChI=1S/C35H37Cl2N3O4S/c1-4-26(3)38-35(42)33(22-27-9-6-5-7-10-27)39(23-28-11-8-12-30(37)21-28)34(41)24-40(31-17-13-25(2)14-18-31)45(43,44)32-19-15-29(36)16-20-32/h5-21,26,33H,4,22-24H2,1-3H3,(H,38,42)/t26-,33-/m0/s1. The van der Waals surface area contributed by atoms with Crippen molar-refractivity contribution in [1.29, 1.82) is 0 Å². The molecule has 0 aliphatic heterocycles. The summed E-state index contributed by atoms with van der Waals surface area (Å²) in [4.78, 5) is 29.8. The number of sulfonamides is 1. The molecule has 0 radical (unpaired) electrons. The highest BCUT2D eigenvalue weighted by molar-refractivity contribution is 7.92. The minimum atomic E-state index is -4.21. The number of anilines is 1. The molecule has 4 aromatic rings. The van der Waals surface area contributed by atoms with Gasteiger partial charge >= 0.3 is 0 Å². The monoisotopic (exact) mass is 665 g/mol. The van der Waals surface area contributed by atoms with E-state index in [0.29, 0.717) is 27.7 Å². The van der Waals surface area contributed by atoms with Crippen molar-refractivity contribution in [2.45, 2.75) is 57.1 Å². The molecular formula is C35H37Cl2N3O4S. The lowest BCUT2D eigenvalue weighted by atomic mass is 10.0. The molecule has 0 unspecified atom stereocenters. The zero-order chi connectivity index (χ0) is 32.6. The number of carbonyl (C=O) groups excluding carboxylic acids is 2. The van der Waals surface area contributed by atoms with E-state index in [0.717, 1.165) is 15.4 Å². The van der Waals surface area contributed by atoms with Gasteiger partial charge in [0.25, 0.3) is 10.0 Å². The predicted molar refractivity (Wildman–Crippen MR) is 181 cm³/mol. The van der Waals surface area contributed by atoms with E-state index in [9.17, 15) is 18.0 Å². The van der Waals surface area contributed by atoms with Crippen molar-refractivity contribution >= 4 is 50.7 Å². The van der Waals surface area contributed by atoms with Gasteiger partial charge in [-0.05, 0) is 79.9 Å². The van der Waals surface area contributed by atoms with Gasteiger partial charge in [-0.15, -0.1) is 0 Å². The number of hydrogen-bond donors (Lipinski definition) is 1. The van der Waals surface area contributed by atoms with E-state index in [2.05, 4.69) is 5.32 Å². The van der Waals surface area contributed by atoms with Gasteiger partial charge in [0.2, 0.25) is 11.8 Å². The summed E-state index contributed by atoms with van der Waals surface area (Å²) in [6.45, 7) is 5.25. The van der Waals surface area contributed by atoms with Crippen LogP contribution in [0.25, 0.3) is 0 Å². The third-order valence-corrected chi connectivity index (χ3v) is 9.79. The van der Waals surface area contributed by atoms with Crippen LogP contribution in [-0.4, -0.2) is 43.8 Å². The summed E-state index contributed by atoms with van der Waals surface area (Å²) in [6.07, 6.45) is 0.927. The van der Waals surface area contributed by atoms with E-state index in [1.807, 2.05) is 57.2 Å². The number of carbonyl (C=O) groups is 2. The Morgan fingerprint density at radius 3 is 2.09 bits per heavy atom. The molecule has 0 spiro atoms. The summed E-state index contributed by atoms with van der Waals surface area (Å²) in [5.74, 6) is -0.876. The Hall–Kier alpha value is -3.85. The Kier molecular flexibility index (Phi) is 11.7. The van der Waals surface area contributed by atoms with Crippen LogP contribution in [0.15, 0.2) is 108 Å². The van der Waals surface area contributed by atoms with E-state index >= 15 is 0 Å². The number of halogens is 2. The largest absolute Gasteiger partial charge is 0.352 e. The van der Waals surface area contributed by atoms with Gasteiger partial charge in [0.05, 0.1) is 10.6 Å². The van der Waals surface area contributed by atoms with E-state index in [1.165, 1.54) is 29.2 Å². The predicted octanol–water partition coefficient (Wildman–Crippen LogP) is 7.05. The second-order valence-electron chi connectivity index (χ2n) is 11.0. The molecule has 0 heterocycles. The van der Waals surface area contributed by atoms with Crippen molar-refractivity contribution in [3.8, 4) is 0 Å². The summed E-state index contributed by atoms with van der Waals surface area (Å²) in [6, 6.07) is 28.1. The van der Waals surface area contributed by atoms with E-state index in [-0.39, 0.29) is 29.8 Å². The van der Waals surface area contributed by atoms with Crippen molar-refractivity contribution < 1.29 is 18.0 Å². The third kappa shape index (κ3) is 9.10. The minimum Gasteiger partial charge on any atom is -0.352 e. The molecule has 4 aromatic carbocycles. The van der Waals surface area contributed by atoms with Crippen LogP contribution in [-0.2, 0) is 32.6 Å². The summed E-state index contributed by atoms with van der Waals surface area (Å²) < 4.78 is 29.2. The fourth-order valence-corrected chi connectivity index (χ4v) is 6.55. The minimum absolute atomic E-state index is 0.0167. The van der Waals surface area contributed by atoms with E-state index < -0.39 is 28.5 Å². The van der Waals surface area contributed by atoms with Crippen LogP contribution in [0.3, 0.4) is 0 Å². The molecule has 0 saturated heterocycles. The first-order valence-corrected chi connectivity index (χ1v) is 16.9. The Morgan fingerprint density at radius 2 is 1.47 bits per heavy atom. The van der Waals surface area contributed by atoms with Crippen LogP contribution < -0.4 is 9.62 Å². The molecule has 7 nitrogen and oxygen atoms in total. The molecule has 0 aromatic heterocycles. The topological polar surface area (TPSA) is 86.8 Å². The average Bonchev–Trinajstić information content (AvgIpc) is 3.02. The molecule has 10 heteroatoms. The zero-order valence-corrected chi connectivity index (χ0v) is 27.8. The number of hydrogen-bond acceptors (Lipinski definition) is 4. The maximum atomic E-state index is 14.5. The second kappa shape index (κ2) is 15.4. The molecule has 0 aliphatic carbocycles. The highest BCUT2D eigenvalue weighted by atomic mass is 35.5. The van der Waals surface area contributed by atoms with Crippen LogP contribution in [0.5, 0.6) is 0 Å². The number of rotatable bonds is 13. The average molecular weight is 667 g/mol. The number of benzene rings is 4. The van der Waals surface area contributed by atoms with Crippen LogP contribution in [0.4, 0.5) is 5.69 Å². The molecule has 236 valence electrons. The molecule has 2 amide bonds. The molecule has 1 N–H and O–H groups in total. The molecule has 0 bridgehead atoms. The van der Waals surface area contributed by atoms with Gasteiger partial charge in [-0.25, -0.2) is 8.42 Å². The van der Waals surface area contributed by atoms with Gasteiger partial charge in [0, 0.05) is 29.1 Å². The Morgan fingerprint density at radius 1 is 0.822 bits per heavy atom. The first-order valence-electron chi connectivity index (χ1n) is 14.7. The van der Waals surface area contributed by atoms with Crippen LogP contribution in [0.2, 0.25) is 10.0 Å². The lowest BCUT2D eigenvalue weighted by molar-refractivity contribution is -0.140. The van der Waals surface area contributed by atoms with Gasteiger partial charge in [-0.1, -0.05) is 90.3 Å². The lowest BCUT2D eigenvalue weighted by Gasteiger charge is -2.34. The Balaban J connectivity index is 1.80. The van der Waals surface area contributed by atoms with Crippen molar-refractivity contribution in [1.82, 2.24) is 10.2 Å². The molecule has 45 heavy (non-hydrogen) atoms. The highest BCUT2D eigenvalue weighted by Gasteiger charge is 2.35. The Labute approximate surface area is 275 Å². The lowest BCUT2D eigenvalue weighted by Crippen LogP contribution is -2.54. The van der Waals surface area contributed by atoms with Crippen molar-refractivity contribution in [3.05, 3.63) is 130 Å². The van der Waals surface area contributed by atoms with Crippen LogP contribution in [0.1, 0.15) is 37.0 Å². The fraction of sp³-hybridized carbons (Fsp3) is 0.257. The molecule has 0 saturated carbocycles. The molecule has 0 aliphatic rings. The van der Waals surface area contributed by atoms with Crippen molar-refractivity contribution in [2.24, 2.45) is 0 Å². The summed E-state index contributed by atoms with van der Waals surface area (Å²) in [7, 11) is -4.21. The first kappa shape index (κ1) is 34.0. The second-order valence-corrected chi connectivity index (χ2v) is 13.7. The first-order chi connectivity index (χ1) is 21.5. The molecule has 4 rings (SSSR count). The van der Waals surface area contributed by atoms with Crippen molar-refractivity contribution in [2.75, 3.05) is 10.8 Å². The molecule has 0 fully saturated rings. The number of nitrogens with zero attached hydrogens (tertiary/aromatic N) is 2. The van der Waals surface area contributed by atoms with Gasteiger partial charge in [-0.3, -0.25) is 13.9 Å². The summed E-state index contributed by atoms with van der Waals surface area (Å²) in [5.41, 5.74) is 2.80. The van der Waals surface area contributed by atoms with Crippen LogP contribution >= 0.6 is 23.2 Å². The van der Waals surface area contributed by atoms with Crippen LogP contribution in [0, 0.1) is 6.92 Å². The van der Waals surface area contributed by atoms with E-state index in [4.69, 9.17) is 23.2 Å². The fourth-order valence-electron chi connectivity index (χ4n) is 4.80. The normalized spacial score (nSPS) is 12.6. The maximum absolute atomic E-state index is 14.5. The van der Waals surface area contributed by atoms with Gasteiger partial charge < -0.3 is 10.2 Å². The number of aryl methyl sites for hydroxylation is 1. The summed E-state index contributed by atoms with van der Waals surface area (Å²) >= 11 is 12.4. The van der Waals surface area contributed by atoms with Gasteiger partial charge in [0.15, 0.2) is 0 Å². The smallest absolute Gasteiger partial charge is 0.264 e. The number of nitrogens with one attached hydrogen (secondary N) is 1. The maximum Gasteiger partial charge on any atom is 0.264 e. The Bertz CT molecular complexity index is 1700. The van der Waals surface area contributed by atoms with Gasteiger partial charge in [-0.2, -0.15) is 0 Å². The van der Waals surface area contributed by atoms with Gasteiger partial charge in [0.1, 0.15) is 12.6 Å².